The number of likely N-dealkylation sites (tertiary alicyclic amines) is 1. The van der Waals surface area contributed by atoms with Gasteiger partial charge in [-0.25, -0.2) is 14.4 Å². The van der Waals surface area contributed by atoms with Crippen molar-refractivity contribution in [1.82, 2.24) is 20.4 Å². The van der Waals surface area contributed by atoms with Crippen LogP contribution in [-0.4, -0.2) is 92.3 Å². The monoisotopic (exact) mass is 542 g/mol. The van der Waals surface area contributed by atoms with Crippen molar-refractivity contribution in [1.29, 1.82) is 0 Å². The fourth-order valence-electron chi connectivity index (χ4n) is 5.37. The van der Waals surface area contributed by atoms with Crippen molar-refractivity contribution >= 4 is 29.6 Å². The normalized spacial score (nSPS) is 30.0. The van der Waals surface area contributed by atoms with Crippen LogP contribution in [0, 0.1) is 5.82 Å². The smallest absolute Gasteiger partial charge is 0.370 e. The molecular weight excluding hydrogens is 520 g/mol. The van der Waals surface area contributed by atoms with E-state index in [4.69, 9.17) is 11.5 Å². The molecule has 17 heteroatoms. The van der Waals surface area contributed by atoms with E-state index in [1.807, 2.05) is 0 Å². The topological polar surface area (TPSA) is 199 Å². The number of carbonyl (C=O) groups excluding carboxylic acids is 3. The maximum atomic E-state index is 13.8. The summed E-state index contributed by atoms with van der Waals surface area (Å²) in [5.74, 6) is -6.91. The fraction of sp³-hybridized carbons (Fsp3) is 0.476. The van der Waals surface area contributed by atoms with Gasteiger partial charge in [-0.1, -0.05) is 0 Å². The van der Waals surface area contributed by atoms with E-state index in [1.165, 1.54) is 4.90 Å². The molecular formula is C21H22F4N8O5. The van der Waals surface area contributed by atoms with Gasteiger partial charge in [0.15, 0.2) is 17.6 Å². The van der Waals surface area contributed by atoms with Crippen LogP contribution in [0.5, 0.6) is 0 Å². The lowest BCUT2D eigenvalue weighted by molar-refractivity contribution is -0.230. The molecule has 38 heavy (non-hydrogen) atoms. The first-order valence-corrected chi connectivity index (χ1v) is 11.3. The number of nitrogens with zero attached hydrogens (tertiary/aromatic N) is 4. The van der Waals surface area contributed by atoms with Crippen LogP contribution in [0.2, 0.25) is 0 Å². The van der Waals surface area contributed by atoms with Gasteiger partial charge in [-0.05, 0) is 18.2 Å². The van der Waals surface area contributed by atoms with Crippen molar-refractivity contribution in [2.45, 2.75) is 48.6 Å². The third-order valence-electron chi connectivity index (χ3n) is 7.12. The van der Waals surface area contributed by atoms with E-state index >= 15 is 0 Å². The molecule has 1 spiro atoms. The third kappa shape index (κ3) is 3.72. The van der Waals surface area contributed by atoms with Crippen LogP contribution in [0.15, 0.2) is 28.2 Å². The highest BCUT2D eigenvalue weighted by atomic mass is 19.4. The average Bonchev–Trinajstić information content (AvgIpc) is 3.41. The molecule has 0 bridgehead atoms. The van der Waals surface area contributed by atoms with Gasteiger partial charge in [0.1, 0.15) is 17.9 Å². The Morgan fingerprint density at radius 2 is 1.82 bits per heavy atom. The molecule has 5 rings (SSSR count). The molecule has 1 aromatic carbocycles. The van der Waals surface area contributed by atoms with Crippen molar-refractivity contribution in [3.8, 4) is 0 Å². The van der Waals surface area contributed by atoms with Gasteiger partial charge in [0.05, 0.1) is 18.2 Å². The highest BCUT2D eigenvalue weighted by molar-refractivity contribution is 6.02. The lowest BCUT2D eigenvalue weighted by Crippen LogP contribution is -2.78. The van der Waals surface area contributed by atoms with E-state index in [1.54, 1.807) is 0 Å². The zero-order chi connectivity index (χ0) is 27.8. The second-order valence-electron chi connectivity index (χ2n) is 9.39. The van der Waals surface area contributed by atoms with Gasteiger partial charge in [-0.15, -0.1) is 0 Å². The molecule has 4 atom stereocenters. The second kappa shape index (κ2) is 8.26. The maximum Gasteiger partial charge on any atom is 0.416 e. The van der Waals surface area contributed by atoms with Gasteiger partial charge >= 0.3 is 6.18 Å². The van der Waals surface area contributed by atoms with Gasteiger partial charge in [-0.2, -0.15) is 13.2 Å². The highest BCUT2D eigenvalue weighted by Gasteiger charge is 2.73. The number of guanidine groups is 2. The van der Waals surface area contributed by atoms with E-state index in [0.29, 0.717) is 12.1 Å². The van der Waals surface area contributed by atoms with Crippen LogP contribution in [-0.2, 0) is 15.8 Å². The Bertz CT molecular complexity index is 1280. The quantitative estimate of drug-likeness (QED) is 0.138. The van der Waals surface area contributed by atoms with Crippen LogP contribution < -0.4 is 22.1 Å². The number of carbonyl (C=O) groups is 3. The number of aliphatic imine (C=N–C) groups is 2. The number of imide groups is 1. The molecule has 3 amide bonds. The number of alkyl halides is 3. The lowest BCUT2D eigenvalue weighted by Gasteiger charge is -2.49. The molecule has 8 N–H and O–H groups in total. The van der Waals surface area contributed by atoms with Crippen LogP contribution in [0.4, 0.5) is 17.6 Å². The number of benzene rings is 1. The average molecular weight is 542 g/mol. The summed E-state index contributed by atoms with van der Waals surface area (Å²) in [5.41, 5.74) is 7.82. The Kier molecular flexibility index (Phi) is 5.57. The molecule has 0 aliphatic carbocycles. The molecule has 4 heterocycles. The highest BCUT2D eigenvalue weighted by Crippen LogP contribution is 2.45. The number of halogens is 4. The predicted octanol–water partition coefficient (Wildman–Crippen LogP) is -2.23. The van der Waals surface area contributed by atoms with Gasteiger partial charge < -0.3 is 37.2 Å². The number of amides is 3. The molecule has 2 saturated heterocycles. The van der Waals surface area contributed by atoms with Crippen LogP contribution >= 0.6 is 0 Å². The Morgan fingerprint density at radius 3 is 2.45 bits per heavy atom. The summed E-state index contributed by atoms with van der Waals surface area (Å²) in [4.78, 5) is 47.8. The van der Waals surface area contributed by atoms with Gasteiger partial charge in [0.2, 0.25) is 17.6 Å². The Morgan fingerprint density at radius 1 is 1.16 bits per heavy atom. The van der Waals surface area contributed by atoms with Crippen molar-refractivity contribution < 1.29 is 42.2 Å². The number of aliphatic hydroxyl groups is 2. The van der Waals surface area contributed by atoms with Crippen LogP contribution in [0.1, 0.15) is 28.8 Å². The summed E-state index contributed by atoms with van der Waals surface area (Å²) in [6.07, 6.45) is -4.93. The molecule has 0 aromatic heterocycles. The molecule has 0 saturated carbocycles. The first kappa shape index (κ1) is 25.7. The minimum absolute atomic E-state index is 0.00448. The first-order chi connectivity index (χ1) is 17.6. The zero-order valence-corrected chi connectivity index (χ0v) is 19.4. The van der Waals surface area contributed by atoms with Crippen molar-refractivity contribution in [2.24, 2.45) is 21.5 Å². The Balaban J connectivity index is 1.46. The second-order valence-corrected chi connectivity index (χ2v) is 9.39. The minimum atomic E-state index is -4.93. The van der Waals surface area contributed by atoms with Crippen LogP contribution in [0.25, 0.3) is 0 Å². The summed E-state index contributed by atoms with van der Waals surface area (Å²) in [5, 5.41) is 27.6. The molecule has 4 aliphatic heterocycles. The molecule has 204 valence electrons. The van der Waals surface area contributed by atoms with Gasteiger partial charge in [0, 0.05) is 24.9 Å². The first-order valence-electron chi connectivity index (χ1n) is 11.3. The zero-order valence-electron chi connectivity index (χ0n) is 19.4. The number of nitrogens with one attached hydrogen (secondary N) is 2. The largest absolute Gasteiger partial charge is 0.416 e. The number of hydrogen-bond acceptors (Lipinski definition) is 11. The van der Waals surface area contributed by atoms with E-state index in [9.17, 15) is 42.2 Å². The maximum absolute atomic E-state index is 13.8. The summed E-state index contributed by atoms with van der Waals surface area (Å²) >= 11 is 0. The van der Waals surface area contributed by atoms with Crippen LogP contribution in [0.3, 0.4) is 0 Å². The third-order valence-corrected chi connectivity index (χ3v) is 7.12. The Hall–Kier alpha value is -3.99. The summed E-state index contributed by atoms with van der Waals surface area (Å²) in [7, 11) is 0. The summed E-state index contributed by atoms with van der Waals surface area (Å²) in [6, 6.07) is -2.70. The van der Waals surface area contributed by atoms with Crippen molar-refractivity contribution in [3.05, 3.63) is 35.1 Å². The standard InChI is InChI=1S/C21H22F4N8O5/c22-10-4-8(3-9(5-10)21(23,24)25)16(36)29-12-7-33-18(27)28-11(6-32-13(34)1-2-14(32)35)15-19(33,20(12,37)38)31-17(26)30-15/h3-5,11-12,15,37-38H,1-2,6-7H2,(H2,27,28)(H,29,36)(H3,26,30,31)/t11-,12?,15?,19?/m0/s1. The Labute approximate surface area is 211 Å². The SMILES string of the molecule is NC1=NC2[C@H](CN3C(=O)CCC3=O)N=C(N)N3CC(NC(=O)c4cc(F)cc(C(F)(F)F)c4)C(O)(O)C23N1. The van der Waals surface area contributed by atoms with Gasteiger partial charge in [-0.3, -0.25) is 19.3 Å². The van der Waals surface area contributed by atoms with Crippen molar-refractivity contribution in [2.75, 3.05) is 13.1 Å². The van der Waals surface area contributed by atoms with Crippen molar-refractivity contribution in [3.63, 3.8) is 0 Å². The van der Waals surface area contributed by atoms with E-state index in [0.717, 1.165) is 4.90 Å². The number of nitrogens with two attached hydrogens (primary N) is 2. The fourth-order valence-corrected chi connectivity index (χ4v) is 5.37. The number of rotatable bonds is 4. The van der Waals surface area contributed by atoms with E-state index in [-0.39, 0.29) is 37.4 Å². The summed E-state index contributed by atoms with van der Waals surface area (Å²) in [6.45, 7) is -0.705. The van der Waals surface area contributed by atoms with Gasteiger partial charge in [0.25, 0.3) is 5.91 Å². The van der Waals surface area contributed by atoms with E-state index < -0.39 is 77.0 Å². The predicted molar refractivity (Wildman–Crippen MR) is 119 cm³/mol. The summed E-state index contributed by atoms with van der Waals surface area (Å²) < 4.78 is 53.2. The van der Waals surface area contributed by atoms with E-state index in [2.05, 4.69) is 20.6 Å². The minimum Gasteiger partial charge on any atom is -0.370 e. The molecule has 4 aliphatic rings. The molecule has 13 nitrogen and oxygen atoms in total. The lowest BCUT2D eigenvalue weighted by atomic mass is 9.84. The molecule has 0 radical (unpaired) electrons. The molecule has 1 aromatic rings. The molecule has 2 fully saturated rings. The molecule has 3 unspecified atom stereocenters. The number of hydrogen-bond donors (Lipinski definition) is 6.